The second kappa shape index (κ2) is 6.10. The number of rotatable bonds is 4. The number of pyridine rings is 1. The Bertz CT molecular complexity index is 700. The Kier molecular flexibility index (Phi) is 4.43. The third-order valence-corrected chi connectivity index (χ3v) is 3.34. The molecule has 0 saturated carbocycles. The zero-order valence-electron chi connectivity index (χ0n) is 11.6. The molecular formula is C15H15ClN2O3. The van der Waals surface area contributed by atoms with E-state index in [1.807, 2.05) is 0 Å². The fourth-order valence-electron chi connectivity index (χ4n) is 1.95. The summed E-state index contributed by atoms with van der Waals surface area (Å²) in [5, 5.41) is 13.0. The maximum atomic E-state index is 12.1. The lowest BCUT2D eigenvalue weighted by Crippen LogP contribution is -2.44. The van der Waals surface area contributed by atoms with E-state index in [0.29, 0.717) is 10.5 Å². The van der Waals surface area contributed by atoms with E-state index in [1.54, 1.807) is 44.2 Å². The summed E-state index contributed by atoms with van der Waals surface area (Å²) in [5.74, 6) is -1.80. The van der Waals surface area contributed by atoms with Gasteiger partial charge in [-0.2, -0.15) is 0 Å². The number of fused-ring (bicyclic) bond motifs is 1. The smallest absolute Gasteiger partial charge is 0.326 e. The van der Waals surface area contributed by atoms with E-state index >= 15 is 0 Å². The molecule has 0 spiro atoms. The summed E-state index contributed by atoms with van der Waals surface area (Å²) in [6.07, 6.45) is 0. The van der Waals surface area contributed by atoms with E-state index < -0.39 is 17.9 Å². The number of nitrogens with one attached hydrogen (secondary N) is 1. The van der Waals surface area contributed by atoms with Crippen molar-refractivity contribution in [2.75, 3.05) is 0 Å². The molecule has 0 radical (unpaired) electrons. The Labute approximate surface area is 126 Å². The molecule has 0 aliphatic rings. The van der Waals surface area contributed by atoms with Crippen LogP contribution in [-0.4, -0.2) is 28.0 Å². The normalized spacial score (nSPS) is 12.4. The molecule has 2 N–H and O–H groups in total. The van der Waals surface area contributed by atoms with Gasteiger partial charge >= 0.3 is 5.97 Å². The largest absolute Gasteiger partial charge is 0.480 e. The minimum absolute atomic E-state index is 0.164. The molecule has 21 heavy (non-hydrogen) atoms. The first-order chi connectivity index (χ1) is 9.88. The SMILES string of the molecule is CC(C)C(NC(=O)c1ccc2ccc(Cl)cc2n1)C(=O)O. The second-order valence-corrected chi connectivity index (χ2v) is 5.50. The van der Waals surface area contributed by atoms with Crippen LogP contribution in [0.4, 0.5) is 0 Å². The van der Waals surface area contributed by atoms with Crippen LogP contribution in [0, 0.1) is 5.92 Å². The third kappa shape index (κ3) is 3.49. The van der Waals surface area contributed by atoms with Crippen molar-refractivity contribution in [1.29, 1.82) is 0 Å². The predicted octanol–water partition coefficient (Wildman–Crippen LogP) is 2.73. The van der Waals surface area contributed by atoms with Crippen LogP contribution in [0.1, 0.15) is 24.3 Å². The Balaban J connectivity index is 2.28. The zero-order valence-corrected chi connectivity index (χ0v) is 12.4. The van der Waals surface area contributed by atoms with Crippen molar-refractivity contribution in [3.8, 4) is 0 Å². The van der Waals surface area contributed by atoms with Crippen LogP contribution in [0.15, 0.2) is 30.3 Å². The van der Waals surface area contributed by atoms with Crippen LogP contribution in [-0.2, 0) is 4.79 Å². The third-order valence-electron chi connectivity index (χ3n) is 3.11. The number of benzene rings is 1. The van der Waals surface area contributed by atoms with Crippen LogP contribution >= 0.6 is 11.6 Å². The molecule has 2 aromatic rings. The minimum atomic E-state index is -1.07. The van der Waals surface area contributed by atoms with Crippen LogP contribution in [0.25, 0.3) is 10.9 Å². The summed E-state index contributed by atoms with van der Waals surface area (Å²) in [5.41, 5.74) is 0.753. The molecule has 0 fully saturated rings. The average Bonchev–Trinajstić information content (AvgIpc) is 2.42. The van der Waals surface area contributed by atoms with Crippen molar-refractivity contribution in [3.63, 3.8) is 0 Å². The van der Waals surface area contributed by atoms with Crippen molar-refractivity contribution in [2.45, 2.75) is 19.9 Å². The van der Waals surface area contributed by atoms with Gasteiger partial charge in [-0.15, -0.1) is 0 Å². The number of carboxylic acid groups (broad SMARTS) is 1. The molecule has 1 aromatic heterocycles. The van der Waals surface area contributed by atoms with Gasteiger partial charge in [0.2, 0.25) is 0 Å². The van der Waals surface area contributed by atoms with Gasteiger partial charge in [0, 0.05) is 10.4 Å². The Morgan fingerprint density at radius 2 is 1.90 bits per heavy atom. The summed E-state index contributed by atoms with van der Waals surface area (Å²) in [6, 6.07) is 7.56. The number of halogens is 1. The highest BCUT2D eigenvalue weighted by atomic mass is 35.5. The van der Waals surface area contributed by atoms with Crippen LogP contribution in [0.2, 0.25) is 5.02 Å². The number of carbonyl (C=O) groups excluding carboxylic acids is 1. The van der Waals surface area contributed by atoms with Gasteiger partial charge in [0.05, 0.1) is 5.52 Å². The fraction of sp³-hybridized carbons (Fsp3) is 0.267. The lowest BCUT2D eigenvalue weighted by atomic mass is 10.0. The van der Waals surface area contributed by atoms with Gasteiger partial charge in [-0.05, 0) is 24.1 Å². The molecule has 1 amide bonds. The van der Waals surface area contributed by atoms with Gasteiger partial charge in [-0.25, -0.2) is 9.78 Å². The van der Waals surface area contributed by atoms with Crippen molar-refractivity contribution in [3.05, 3.63) is 41.0 Å². The maximum absolute atomic E-state index is 12.1. The van der Waals surface area contributed by atoms with E-state index in [1.165, 1.54) is 0 Å². The van der Waals surface area contributed by atoms with Gasteiger partial charge in [0.15, 0.2) is 0 Å². The molecule has 0 aliphatic heterocycles. The van der Waals surface area contributed by atoms with E-state index in [-0.39, 0.29) is 11.6 Å². The maximum Gasteiger partial charge on any atom is 0.326 e. The zero-order chi connectivity index (χ0) is 15.6. The summed E-state index contributed by atoms with van der Waals surface area (Å²) in [4.78, 5) is 27.5. The first-order valence-electron chi connectivity index (χ1n) is 6.48. The molecule has 2 rings (SSSR count). The topological polar surface area (TPSA) is 79.3 Å². The van der Waals surface area contributed by atoms with Gasteiger partial charge in [0.25, 0.3) is 5.91 Å². The van der Waals surface area contributed by atoms with Gasteiger partial charge in [-0.1, -0.05) is 37.6 Å². The number of hydrogen-bond donors (Lipinski definition) is 2. The lowest BCUT2D eigenvalue weighted by Gasteiger charge is -2.17. The molecule has 110 valence electrons. The second-order valence-electron chi connectivity index (χ2n) is 5.07. The molecule has 1 heterocycles. The molecule has 5 nitrogen and oxygen atoms in total. The number of amides is 1. The number of aliphatic carboxylic acids is 1. The van der Waals surface area contributed by atoms with Crippen molar-refractivity contribution >= 4 is 34.4 Å². The van der Waals surface area contributed by atoms with Crippen molar-refractivity contribution in [2.24, 2.45) is 5.92 Å². The molecule has 6 heteroatoms. The monoisotopic (exact) mass is 306 g/mol. The van der Waals surface area contributed by atoms with E-state index in [2.05, 4.69) is 10.3 Å². The highest BCUT2D eigenvalue weighted by Crippen LogP contribution is 2.18. The summed E-state index contributed by atoms with van der Waals surface area (Å²) < 4.78 is 0. The minimum Gasteiger partial charge on any atom is -0.480 e. The molecular weight excluding hydrogens is 292 g/mol. The van der Waals surface area contributed by atoms with Crippen LogP contribution in [0.5, 0.6) is 0 Å². The van der Waals surface area contributed by atoms with Gasteiger partial charge < -0.3 is 10.4 Å². The standard InChI is InChI=1S/C15H15ClN2O3/c1-8(2)13(15(20)21)18-14(19)11-6-4-9-3-5-10(16)7-12(9)17-11/h3-8,13H,1-2H3,(H,18,19)(H,20,21). The Morgan fingerprint density at radius 3 is 2.52 bits per heavy atom. The van der Waals surface area contributed by atoms with E-state index in [0.717, 1.165) is 5.39 Å². The lowest BCUT2D eigenvalue weighted by molar-refractivity contribution is -0.140. The first-order valence-corrected chi connectivity index (χ1v) is 6.86. The van der Waals surface area contributed by atoms with Gasteiger partial charge in [-0.3, -0.25) is 4.79 Å². The Hall–Kier alpha value is -2.14. The summed E-state index contributed by atoms with van der Waals surface area (Å²) in [7, 11) is 0. The van der Waals surface area contributed by atoms with Crippen LogP contribution < -0.4 is 5.32 Å². The highest BCUT2D eigenvalue weighted by Gasteiger charge is 2.24. The molecule has 0 aliphatic carbocycles. The molecule has 0 saturated heterocycles. The van der Waals surface area contributed by atoms with Crippen molar-refractivity contribution in [1.82, 2.24) is 10.3 Å². The number of hydrogen-bond acceptors (Lipinski definition) is 3. The van der Waals surface area contributed by atoms with E-state index in [4.69, 9.17) is 16.7 Å². The average molecular weight is 307 g/mol. The number of nitrogens with zero attached hydrogens (tertiary/aromatic N) is 1. The molecule has 1 aromatic carbocycles. The molecule has 1 atom stereocenters. The summed E-state index contributed by atoms with van der Waals surface area (Å²) >= 11 is 5.90. The quantitative estimate of drug-likeness (QED) is 0.910. The number of carboxylic acids is 1. The molecule has 0 bridgehead atoms. The first kappa shape index (κ1) is 15.3. The predicted molar refractivity (Wildman–Crippen MR) is 80.5 cm³/mol. The fourth-order valence-corrected chi connectivity index (χ4v) is 2.11. The van der Waals surface area contributed by atoms with Crippen molar-refractivity contribution < 1.29 is 14.7 Å². The van der Waals surface area contributed by atoms with Crippen LogP contribution in [0.3, 0.4) is 0 Å². The highest BCUT2D eigenvalue weighted by molar-refractivity contribution is 6.31. The van der Waals surface area contributed by atoms with Gasteiger partial charge in [0.1, 0.15) is 11.7 Å². The number of aromatic nitrogens is 1. The molecule has 1 unspecified atom stereocenters. The van der Waals surface area contributed by atoms with E-state index in [9.17, 15) is 9.59 Å². The number of carbonyl (C=O) groups is 2. The summed E-state index contributed by atoms with van der Waals surface area (Å²) in [6.45, 7) is 3.46. The Morgan fingerprint density at radius 1 is 1.24 bits per heavy atom.